The van der Waals surface area contributed by atoms with Crippen molar-refractivity contribution < 1.29 is 9.84 Å². The van der Waals surface area contributed by atoms with Crippen LogP contribution in [0.4, 0.5) is 0 Å². The Morgan fingerprint density at radius 2 is 2.33 bits per heavy atom. The number of aryl methyl sites for hydroxylation is 1. The molecule has 0 saturated heterocycles. The molecule has 1 aliphatic carbocycles. The van der Waals surface area contributed by atoms with Crippen molar-refractivity contribution in [3.05, 3.63) is 12.4 Å². The molecule has 1 N–H and O–H groups in total. The summed E-state index contributed by atoms with van der Waals surface area (Å²) in [6, 6.07) is 0. The van der Waals surface area contributed by atoms with E-state index in [1.165, 1.54) is 0 Å². The van der Waals surface area contributed by atoms with Crippen molar-refractivity contribution in [3.63, 3.8) is 0 Å². The Kier molecular flexibility index (Phi) is 3.26. The summed E-state index contributed by atoms with van der Waals surface area (Å²) in [6.07, 6.45) is 7.27. The molecule has 0 aliphatic heterocycles. The van der Waals surface area contributed by atoms with E-state index >= 15 is 0 Å². The van der Waals surface area contributed by atoms with Gasteiger partial charge in [0, 0.05) is 6.54 Å². The van der Waals surface area contributed by atoms with E-state index in [1.54, 1.807) is 6.20 Å². The Labute approximate surface area is 89.9 Å². The average molecular weight is 210 g/mol. The lowest BCUT2D eigenvalue weighted by Gasteiger charge is -2.27. The maximum absolute atomic E-state index is 9.74. The van der Waals surface area contributed by atoms with E-state index in [9.17, 15) is 5.11 Å². The maximum Gasteiger partial charge on any atom is 0.157 e. The molecule has 1 aromatic rings. The summed E-state index contributed by atoms with van der Waals surface area (Å²) >= 11 is 0. The number of nitrogens with zero attached hydrogens (tertiary/aromatic N) is 2. The lowest BCUT2D eigenvalue weighted by atomic mass is 9.95. The predicted octanol–water partition coefficient (Wildman–Crippen LogP) is 1.59. The molecule has 0 unspecified atom stereocenters. The van der Waals surface area contributed by atoms with Crippen molar-refractivity contribution in [2.45, 2.75) is 51.4 Å². The van der Waals surface area contributed by atoms with E-state index < -0.39 is 0 Å². The van der Waals surface area contributed by atoms with E-state index in [2.05, 4.69) is 5.10 Å². The first-order valence-electron chi connectivity index (χ1n) is 5.66. The van der Waals surface area contributed by atoms with Gasteiger partial charge >= 0.3 is 0 Å². The summed E-state index contributed by atoms with van der Waals surface area (Å²) in [4.78, 5) is 0. The molecular formula is C11H18N2O2. The number of aromatic nitrogens is 2. The summed E-state index contributed by atoms with van der Waals surface area (Å²) in [5.41, 5.74) is 0. The molecule has 15 heavy (non-hydrogen) atoms. The van der Waals surface area contributed by atoms with E-state index in [1.807, 2.05) is 17.8 Å². The Hall–Kier alpha value is -1.03. The van der Waals surface area contributed by atoms with Crippen LogP contribution in [0.25, 0.3) is 0 Å². The standard InChI is InChI=1S/C11H18N2O2/c1-2-13-8-9(7-12-13)15-11-6-4-3-5-10(11)14/h7-8,10-11,14H,2-6H2,1H3/t10-,11-/m1/s1. The monoisotopic (exact) mass is 210 g/mol. The first-order chi connectivity index (χ1) is 7.29. The minimum Gasteiger partial charge on any atom is -0.484 e. The van der Waals surface area contributed by atoms with Gasteiger partial charge in [0.1, 0.15) is 6.10 Å². The van der Waals surface area contributed by atoms with Crippen LogP contribution < -0.4 is 4.74 Å². The fraction of sp³-hybridized carbons (Fsp3) is 0.727. The first kappa shape index (κ1) is 10.5. The Balaban J connectivity index is 1.95. The summed E-state index contributed by atoms with van der Waals surface area (Å²) in [5.74, 6) is 0.766. The molecule has 0 amide bonds. The van der Waals surface area contributed by atoms with Crippen molar-refractivity contribution in [3.8, 4) is 5.75 Å². The van der Waals surface area contributed by atoms with Crippen LogP contribution in [0.5, 0.6) is 5.75 Å². The zero-order valence-corrected chi connectivity index (χ0v) is 9.09. The van der Waals surface area contributed by atoms with Gasteiger partial charge in [-0.1, -0.05) is 6.42 Å². The van der Waals surface area contributed by atoms with Gasteiger partial charge in [0.05, 0.1) is 18.5 Å². The second kappa shape index (κ2) is 4.66. The van der Waals surface area contributed by atoms with E-state index in [0.717, 1.165) is 38.0 Å². The molecular weight excluding hydrogens is 192 g/mol. The highest BCUT2D eigenvalue weighted by molar-refractivity contribution is 5.12. The third-order valence-corrected chi connectivity index (χ3v) is 2.89. The van der Waals surface area contributed by atoms with Crippen LogP contribution in [0.2, 0.25) is 0 Å². The normalized spacial score (nSPS) is 26.5. The molecule has 1 fully saturated rings. The summed E-state index contributed by atoms with van der Waals surface area (Å²) in [6.45, 7) is 2.88. The first-order valence-corrected chi connectivity index (χ1v) is 5.66. The highest BCUT2D eigenvalue weighted by Crippen LogP contribution is 2.23. The Morgan fingerprint density at radius 3 is 3.00 bits per heavy atom. The second-order valence-electron chi connectivity index (χ2n) is 4.04. The number of ether oxygens (including phenoxy) is 1. The van der Waals surface area contributed by atoms with Gasteiger partial charge in [-0.3, -0.25) is 4.68 Å². The fourth-order valence-electron chi connectivity index (χ4n) is 1.97. The van der Waals surface area contributed by atoms with E-state index in [4.69, 9.17) is 4.74 Å². The third kappa shape index (κ3) is 2.50. The Morgan fingerprint density at radius 1 is 1.53 bits per heavy atom. The van der Waals surface area contributed by atoms with Gasteiger partial charge in [-0.05, 0) is 26.2 Å². The van der Waals surface area contributed by atoms with Crippen LogP contribution in [-0.2, 0) is 6.54 Å². The van der Waals surface area contributed by atoms with Crippen LogP contribution in [0.15, 0.2) is 12.4 Å². The summed E-state index contributed by atoms with van der Waals surface area (Å²) < 4.78 is 7.54. The molecule has 4 heteroatoms. The minimum absolute atomic E-state index is 0.0479. The van der Waals surface area contributed by atoms with Crippen molar-refractivity contribution in [1.29, 1.82) is 0 Å². The maximum atomic E-state index is 9.74. The zero-order chi connectivity index (χ0) is 10.7. The number of hydrogen-bond donors (Lipinski definition) is 1. The van der Waals surface area contributed by atoms with Crippen LogP contribution in [0, 0.1) is 0 Å². The molecule has 1 aliphatic rings. The van der Waals surface area contributed by atoms with Gasteiger partial charge in [0.25, 0.3) is 0 Å². The molecule has 0 bridgehead atoms. The molecule has 2 rings (SSSR count). The third-order valence-electron chi connectivity index (χ3n) is 2.89. The number of hydrogen-bond acceptors (Lipinski definition) is 3. The molecule has 4 nitrogen and oxygen atoms in total. The fourth-order valence-corrected chi connectivity index (χ4v) is 1.97. The number of rotatable bonds is 3. The summed E-state index contributed by atoms with van der Waals surface area (Å²) in [7, 11) is 0. The van der Waals surface area contributed by atoms with Crippen molar-refractivity contribution in [2.75, 3.05) is 0 Å². The van der Waals surface area contributed by atoms with Crippen LogP contribution >= 0.6 is 0 Å². The largest absolute Gasteiger partial charge is 0.484 e. The molecule has 1 saturated carbocycles. The number of aliphatic hydroxyl groups excluding tert-OH is 1. The van der Waals surface area contributed by atoms with E-state index in [-0.39, 0.29) is 12.2 Å². The zero-order valence-electron chi connectivity index (χ0n) is 9.09. The highest BCUT2D eigenvalue weighted by Gasteiger charge is 2.24. The van der Waals surface area contributed by atoms with Crippen LogP contribution in [-0.4, -0.2) is 27.1 Å². The van der Waals surface area contributed by atoms with Crippen molar-refractivity contribution in [2.24, 2.45) is 0 Å². The number of aliphatic hydroxyl groups is 1. The Bertz CT molecular complexity index is 311. The highest BCUT2D eigenvalue weighted by atomic mass is 16.5. The molecule has 1 aromatic heterocycles. The van der Waals surface area contributed by atoms with Gasteiger partial charge in [-0.25, -0.2) is 0 Å². The molecule has 2 atom stereocenters. The lowest BCUT2D eigenvalue weighted by molar-refractivity contribution is 0.00683. The summed E-state index contributed by atoms with van der Waals surface area (Å²) in [5, 5.41) is 13.9. The van der Waals surface area contributed by atoms with Gasteiger partial charge in [-0.2, -0.15) is 5.10 Å². The predicted molar refractivity (Wildman–Crippen MR) is 56.8 cm³/mol. The molecule has 0 radical (unpaired) electrons. The SMILES string of the molecule is CCn1cc(O[C@@H]2CCCC[C@H]2O)cn1. The quantitative estimate of drug-likeness (QED) is 0.824. The topological polar surface area (TPSA) is 47.3 Å². The average Bonchev–Trinajstić information content (AvgIpc) is 2.69. The van der Waals surface area contributed by atoms with E-state index in [0.29, 0.717) is 0 Å². The van der Waals surface area contributed by atoms with Crippen molar-refractivity contribution in [1.82, 2.24) is 9.78 Å². The lowest BCUT2D eigenvalue weighted by Crippen LogP contribution is -2.34. The van der Waals surface area contributed by atoms with Gasteiger partial charge < -0.3 is 9.84 Å². The van der Waals surface area contributed by atoms with Crippen molar-refractivity contribution >= 4 is 0 Å². The van der Waals surface area contributed by atoms with Crippen LogP contribution in [0.1, 0.15) is 32.6 Å². The second-order valence-corrected chi connectivity index (χ2v) is 4.04. The smallest absolute Gasteiger partial charge is 0.157 e. The van der Waals surface area contributed by atoms with Crippen LogP contribution in [0.3, 0.4) is 0 Å². The van der Waals surface area contributed by atoms with Gasteiger partial charge in [-0.15, -0.1) is 0 Å². The minimum atomic E-state index is -0.316. The molecule has 1 heterocycles. The van der Waals surface area contributed by atoms with Gasteiger partial charge in [0.15, 0.2) is 5.75 Å². The molecule has 0 aromatic carbocycles. The molecule has 84 valence electrons. The molecule has 0 spiro atoms. The van der Waals surface area contributed by atoms with Gasteiger partial charge in [0.2, 0.25) is 0 Å².